The summed E-state index contributed by atoms with van der Waals surface area (Å²) in [5.74, 6) is 1.33. The third-order valence-electron chi connectivity index (χ3n) is 6.82. The Kier molecular flexibility index (Phi) is 8.76. The Morgan fingerprint density at radius 2 is 1.87 bits per heavy atom. The number of hydrogen-bond acceptors (Lipinski definition) is 4. The summed E-state index contributed by atoms with van der Waals surface area (Å²) < 4.78 is 6.06. The predicted octanol–water partition coefficient (Wildman–Crippen LogP) is 3.25. The molecule has 0 bridgehead atoms. The number of carbonyl (C=O) groups excluding carboxylic acids is 2. The van der Waals surface area contributed by atoms with Gasteiger partial charge in [-0.1, -0.05) is 31.5 Å². The van der Waals surface area contributed by atoms with Crippen molar-refractivity contribution < 1.29 is 14.3 Å². The van der Waals surface area contributed by atoms with Crippen molar-refractivity contribution in [1.82, 2.24) is 15.1 Å². The highest BCUT2D eigenvalue weighted by atomic mass is 16.5. The number of nitrogens with zero attached hydrogens (tertiary/aromatic N) is 2. The molecule has 0 radical (unpaired) electrons. The van der Waals surface area contributed by atoms with Crippen LogP contribution in [0.25, 0.3) is 0 Å². The van der Waals surface area contributed by atoms with Crippen molar-refractivity contribution in [2.24, 2.45) is 5.41 Å². The van der Waals surface area contributed by atoms with Gasteiger partial charge in [0.1, 0.15) is 12.4 Å². The zero-order valence-electron chi connectivity index (χ0n) is 19.3. The molecule has 0 aliphatic carbocycles. The monoisotopic (exact) mass is 429 g/mol. The first-order valence-corrected chi connectivity index (χ1v) is 12.1. The van der Waals surface area contributed by atoms with E-state index in [-0.39, 0.29) is 17.2 Å². The molecule has 1 N–H and O–H groups in total. The number of benzene rings is 1. The molecule has 0 atom stereocenters. The number of likely N-dealkylation sites (N-methyl/N-ethyl adjacent to an activating group) is 1. The highest BCUT2D eigenvalue weighted by Crippen LogP contribution is 2.39. The molecular formula is C25H39N3O3. The molecule has 0 aromatic heterocycles. The van der Waals surface area contributed by atoms with Crippen LogP contribution in [0.2, 0.25) is 0 Å². The number of amides is 2. The maximum absolute atomic E-state index is 13.7. The first kappa shape index (κ1) is 23.6. The van der Waals surface area contributed by atoms with Crippen LogP contribution in [0.5, 0.6) is 5.75 Å². The second kappa shape index (κ2) is 11.5. The molecule has 1 aromatic rings. The molecule has 1 aromatic carbocycles. The average molecular weight is 430 g/mol. The Hall–Kier alpha value is -2.08. The predicted molar refractivity (Wildman–Crippen MR) is 123 cm³/mol. The van der Waals surface area contributed by atoms with Crippen molar-refractivity contribution in [2.45, 2.75) is 58.8 Å². The van der Waals surface area contributed by atoms with Crippen LogP contribution in [0.3, 0.4) is 0 Å². The summed E-state index contributed by atoms with van der Waals surface area (Å²) in [7, 11) is 0. The molecule has 172 valence electrons. The van der Waals surface area contributed by atoms with Crippen LogP contribution in [-0.4, -0.2) is 67.5 Å². The number of aryl methyl sites for hydroxylation is 1. The summed E-state index contributed by atoms with van der Waals surface area (Å²) in [5, 5.41) is 2.96. The van der Waals surface area contributed by atoms with Crippen molar-refractivity contribution in [2.75, 3.05) is 45.9 Å². The topological polar surface area (TPSA) is 61.9 Å². The third-order valence-corrected chi connectivity index (χ3v) is 6.82. The lowest BCUT2D eigenvalue weighted by atomic mass is 9.73. The maximum atomic E-state index is 13.7. The fraction of sp³-hybridized carbons (Fsp3) is 0.680. The molecule has 31 heavy (non-hydrogen) atoms. The summed E-state index contributed by atoms with van der Waals surface area (Å²) in [6.45, 7) is 8.74. The van der Waals surface area contributed by atoms with Gasteiger partial charge in [-0.15, -0.1) is 0 Å². The summed E-state index contributed by atoms with van der Waals surface area (Å²) in [5.41, 5.74) is 0.963. The van der Waals surface area contributed by atoms with Gasteiger partial charge < -0.3 is 15.0 Å². The van der Waals surface area contributed by atoms with Crippen LogP contribution in [0.15, 0.2) is 24.3 Å². The molecule has 0 unspecified atom stereocenters. The van der Waals surface area contributed by atoms with Crippen LogP contribution in [0.4, 0.5) is 0 Å². The summed E-state index contributed by atoms with van der Waals surface area (Å²) >= 11 is 0. The van der Waals surface area contributed by atoms with Crippen molar-refractivity contribution in [1.29, 1.82) is 0 Å². The molecule has 0 saturated carbocycles. The number of nitrogens with one attached hydrogen (secondary N) is 1. The smallest absolute Gasteiger partial charge is 0.234 e. The lowest BCUT2D eigenvalue weighted by Gasteiger charge is -2.43. The van der Waals surface area contributed by atoms with E-state index in [1.54, 1.807) is 0 Å². The van der Waals surface area contributed by atoms with Gasteiger partial charge in [-0.3, -0.25) is 14.5 Å². The van der Waals surface area contributed by atoms with Gasteiger partial charge in [0.05, 0.1) is 18.5 Å². The standard InChI is InChI=1S/C25H39N3O3/c1-3-15-26-23(29)20-27-16-13-25(14-17-27)12-8-7-10-21-9-5-6-11-22(21)31-19-18-28(4-2)24(25)30/h5-6,9,11H,3-4,7-8,10,12-20H2,1-2H3,(H,26,29). The third kappa shape index (κ3) is 6.22. The molecule has 3 rings (SSSR count). The van der Waals surface area contributed by atoms with E-state index in [9.17, 15) is 9.59 Å². The normalized spacial score (nSPS) is 20.3. The van der Waals surface area contributed by atoms with Gasteiger partial charge >= 0.3 is 0 Å². The molecule has 2 aliphatic heterocycles. The van der Waals surface area contributed by atoms with Gasteiger partial charge in [-0.2, -0.15) is 0 Å². The van der Waals surface area contributed by atoms with E-state index in [4.69, 9.17) is 4.74 Å². The lowest BCUT2D eigenvalue weighted by molar-refractivity contribution is -0.146. The fourth-order valence-corrected chi connectivity index (χ4v) is 4.87. The minimum absolute atomic E-state index is 0.0915. The molecule has 2 aliphatic rings. The van der Waals surface area contributed by atoms with Crippen LogP contribution < -0.4 is 10.1 Å². The van der Waals surface area contributed by atoms with Gasteiger partial charge in [0.15, 0.2) is 0 Å². The Labute approximate surface area is 187 Å². The van der Waals surface area contributed by atoms with E-state index >= 15 is 0 Å². The minimum Gasteiger partial charge on any atom is -0.491 e. The highest BCUT2D eigenvalue weighted by molar-refractivity contribution is 5.83. The van der Waals surface area contributed by atoms with Crippen LogP contribution in [0.1, 0.15) is 57.9 Å². The highest BCUT2D eigenvalue weighted by Gasteiger charge is 2.43. The molecule has 1 fully saturated rings. The van der Waals surface area contributed by atoms with Crippen molar-refractivity contribution in [3.05, 3.63) is 29.8 Å². The second-order valence-corrected chi connectivity index (χ2v) is 8.95. The van der Waals surface area contributed by atoms with E-state index in [1.165, 1.54) is 5.56 Å². The van der Waals surface area contributed by atoms with Crippen LogP contribution in [0, 0.1) is 5.41 Å². The first-order chi connectivity index (χ1) is 15.1. The second-order valence-electron chi connectivity index (χ2n) is 8.95. The SMILES string of the molecule is CCCNC(=O)CN1CCC2(CCCCc3ccccc3OCCN(CC)C2=O)CC1. The Balaban J connectivity index is 1.67. The zero-order chi connectivity index (χ0) is 22.1. The largest absolute Gasteiger partial charge is 0.491 e. The Bertz CT molecular complexity index is 728. The number of ether oxygens (including phenoxy) is 1. The van der Waals surface area contributed by atoms with E-state index < -0.39 is 0 Å². The Morgan fingerprint density at radius 3 is 2.61 bits per heavy atom. The molecule has 6 nitrogen and oxygen atoms in total. The number of para-hydroxylation sites is 1. The first-order valence-electron chi connectivity index (χ1n) is 12.1. The number of rotatable bonds is 5. The van der Waals surface area contributed by atoms with Gasteiger partial charge in [0.25, 0.3) is 0 Å². The Morgan fingerprint density at radius 1 is 1.10 bits per heavy atom. The number of likely N-dealkylation sites (tertiary alicyclic amines) is 1. The van der Waals surface area contributed by atoms with Gasteiger partial charge in [-0.25, -0.2) is 0 Å². The summed E-state index contributed by atoms with van der Waals surface area (Å²) in [6, 6.07) is 8.28. The average Bonchev–Trinajstić information content (AvgIpc) is 2.79. The maximum Gasteiger partial charge on any atom is 0.234 e. The van der Waals surface area contributed by atoms with Crippen molar-refractivity contribution in [3.63, 3.8) is 0 Å². The van der Waals surface area contributed by atoms with Crippen LogP contribution >= 0.6 is 0 Å². The summed E-state index contributed by atoms with van der Waals surface area (Å²) in [6.07, 6.45) is 6.63. The molecule has 6 heteroatoms. The summed E-state index contributed by atoms with van der Waals surface area (Å²) in [4.78, 5) is 30.0. The number of carbonyl (C=O) groups is 2. The van der Waals surface area contributed by atoms with E-state index in [0.717, 1.165) is 70.3 Å². The quantitative estimate of drug-likeness (QED) is 0.781. The minimum atomic E-state index is -0.300. The fourth-order valence-electron chi connectivity index (χ4n) is 4.87. The van der Waals surface area contributed by atoms with E-state index in [0.29, 0.717) is 26.2 Å². The molecule has 1 spiro atoms. The number of piperidine rings is 1. The van der Waals surface area contributed by atoms with Gasteiger partial charge in [-0.05, 0) is 70.2 Å². The van der Waals surface area contributed by atoms with E-state index in [2.05, 4.69) is 36.2 Å². The number of fused-ring (bicyclic) bond motifs is 1. The molecular weight excluding hydrogens is 390 g/mol. The van der Waals surface area contributed by atoms with Crippen LogP contribution in [-0.2, 0) is 16.0 Å². The lowest BCUT2D eigenvalue weighted by Crippen LogP contribution is -2.52. The van der Waals surface area contributed by atoms with Crippen molar-refractivity contribution in [3.8, 4) is 5.75 Å². The van der Waals surface area contributed by atoms with Crippen molar-refractivity contribution >= 4 is 11.8 Å². The van der Waals surface area contributed by atoms with Gasteiger partial charge in [0.2, 0.25) is 11.8 Å². The van der Waals surface area contributed by atoms with E-state index in [1.807, 2.05) is 17.0 Å². The number of hydrogen-bond donors (Lipinski definition) is 1. The molecule has 2 heterocycles. The zero-order valence-corrected chi connectivity index (χ0v) is 19.3. The molecule has 2 amide bonds. The van der Waals surface area contributed by atoms with Gasteiger partial charge in [0, 0.05) is 13.1 Å². The molecule has 1 saturated heterocycles.